The number of hydrogen-bond acceptors (Lipinski definition) is 2. The average molecular weight is 605 g/mol. The molecule has 0 spiro atoms. The van der Waals surface area contributed by atoms with Gasteiger partial charge in [0.1, 0.15) is 6.61 Å². The molecule has 2 aromatic carbocycles. The first-order valence-corrected chi connectivity index (χ1v) is 8.92. The molecule has 0 bridgehead atoms. The van der Waals surface area contributed by atoms with E-state index in [0.29, 0.717) is 0 Å². The summed E-state index contributed by atoms with van der Waals surface area (Å²) in [6.45, 7) is 0.268. The molecule has 1 amide bonds. The van der Waals surface area contributed by atoms with Crippen LogP contribution in [-0.4, -0.2) is 6.09 Å². The summed E-state index contributed by atoms with van der Waals surface area (Å²) in [5.74, 6) is 0. The van der Waals surface area contributed by atoms with Crippen molar-refractivity contribution in [2.45, 2.75) is 6.61 Å². The van der Waals surface area contributed by atoms with Gasteiger partial charge in [-0.25, -0.2) is 4.79 Å². The summed E-state index contributed by atoms with van der Waals surface area (Å²) >= 11 is 6.66. The molecule has 0 unspecified atom stereocenters. The summed E-state index contributed by atoms with van der Waals surface area (Å²) in [6.07, 6.45) is -0.439. The van der Waals surface area contributed by atoms with Crippen molar-refractivity contribution in [1.29, 1.82) is 0 Å². The van der Waals surface area contributed by atoms with Crippen molar-refractivity contribution in [3.05, 3.63) is 58.7 Å². The lowest BCUT2D eigenvalue weighted by molar-refractivity contribution is 0.155. The van der Waals surface area contributed by atoms with Crippen LogP contribution in [0.2, 0.25) is 0 Å². The van der Waals surface area contributed by atoms with Crippen LogP contribution in [0.4, 0.5) is 10.5 Å². The van der Waals surface area contributed by atoms with Crippen LogP contribution in [0.25, 0.3) is 0 Å². The molecule has 1 N–H and O–H groups in total. The zero-order chi connectivity index (χ0) is 14.5. The fourth-order valence-corrected chi connectivity index (χ4v) is 5.38. The standard InChI is InChI=1S/C14H10I3NO2/c15-10-6-11(16)13(12(17)7-10)18-14(19)20-8-9-4-2-1-3-5-9/h1-7H,8H2,(H,18,19). The fraction of sp³-hybridized carbons (Fsp3) is 0.0714. The first-order chi connectivity index (χ1) is 9.56. The number of amides is 1. The van der Waals surface area contributed by atoms with Gasteiger partial charge in [-0.1, -0.05) is 30.3 Å². The molecule has 6 heteroatoms. The number of ether oxygens (including phenoxy) is 1. The van der Waals surface area contributed by atoms with Crippen LogP contribution < -0.4 is 5.32 Å². The third kappa shape index (κ3) is 4.72. The number of halogens is 3. The molecular formula is C14H10I3NO2. The molecule has 0 saturated heterocycles. The van der Waals surface area contributed by atoms with Gasteiger partial charge in [0.15, 0.2) is 0 Å². The quantitative estimate of drug-likeness (QED) is 0.487. The molecule has 0 aliphatic carbocycles. The number of carbonyl (C=O) groups is 1. The van der Waals surface area contributed by atoms with Crippen LogP contribution in [0.15, 0.2) is 42.5 Å². The lowest BCUT2D eigenvalue weighted by Gasteiger charge is -2.11. The second-order valence-electron chi connectivity index (χ2n) is 3.93. The second-order valence-corrected chi connectivity index (χ2v) is 7.50. The lowest BCUT2D eigenvalue weighted by atomic mass is 10.2. The Morgan fingerprint density at radius 1 is 1.05 bits per heavy atom. The molecule has 0 saturated carbocycles. The summed E-state index contributed by atoms with van der Waals surface area (Å²) in [7, 11) is 0. The van der Waals surface area contributed by atoms with Crippen LogP contribution in [0.1, 0.15) is 5.56 Å². The molecule has 20 heavy (non-hydrogen) atoms. The van der Waals surface area contributed by atoms with Crippen LogP contribution >= 0.6 is 67.8 Å². The Morgan fingerprint density at radius 2 is 1.65 bits per heavy atom. The van der Waals surface area contributed by atoms with Crippen molar-refractivity contribution < 1.29 is 9.53 Å². The maximum atomic E-state index is 11.8. The number of carbonyl (C=O) groups excluding carboxylic acids is 1. The largest absolute Gasteiger partial charge is 0.444 e. The molecule has 0 radical (unpaired) electrons. The molecular weight excluding hydrogens is 595 g/mol. The molecule has 0 aromatic heterocycles. The van der Waals surface area contributed by atoms with Gasteiger partial charge in [0.25, 0.3) is 0 Å². The van der Waals surface area contributed by atoms with Gasteiger partial charge in [0, 0.05) is 10.7 Å². The maximum Gasteiger partial charge on any atom is 0.412 e. The van der Waals surface area contributed by atoms with Crippen molar-refractivity contribution in [3.8, 4) is 0 Å². The normalized spacial score (nSPS) is 10.2. The van der Waals surface area contributed by atoms with E-state index in [1.807, 2.05) is 42.5 Å². The highest BCUT2D eigenvalue weighted by Crippen LogP contribution is 2.27. The Kier molecular flexibility index (Phi) is 6.33. The van der Waals surface area contributed by atoms with E-state index >= 15 is 0 Å². The molecule has 0 aliphatic heterocycles. The van der Waals surface area contributed by atoms with E-state index in [4.69, 9.17) is 4.74 Å². The molecule has 0 heterocycles. The van der Waals surface area contributed by atoms with Gasteiger partial charge in [-0.3, -0.25) is 5.32 Å². The van der Waals surface area contributed by atoms with Gasteiger partial charge in [-0.2, -0.15) is 0 Å². The summed E-state index contributed by atoms with van der Waals surface area (Å²) in [5.41, 5.74) is 1.76. The molecule has 104 valence electrons. The Hall–Kier alpha value is -0.100. The molecule has 0 atom stereocenters. The van der Waals surface area contributed by atoms with Crippen LogP contribution in [0, 0.1) is 10.7 Å². The van der Waals surface area contributed by atoms with E-state index in [-0.39, 0.29) is 6.61 Å². The van der Waals surface area contributed by atoms with Crippen LogP contribution in [-0.2, 0) is 11.3 Å². The first kappa shape index (κ1) is 16.3. The van der Waals surface area contributed by atoms with Crippen molar-refractivity contribution in [2.75, 3.05) is 5.32 Å². The highest BCUT2D eigenvalue weighted by atomic mass is 127. The summed E-state index contributed by atoms with van der Waals surface area (Å²) in [5, 5.41) is 2.80. The SMILES string of the molecule is O=C(Nc1c(I)cc(I)cc1I)OCc1ccccc1. The number of benzene rings is 2. The van der Waals surface area contributed by atoms with E-state index in [0.717, 1.165) is 22.0 Å². The lowest BCUT2D eigenvalue weighted by Crippen LogP contribution is -2.15. The minimum atomic E-state index is -0.439. The third-order valence-electron chi connectivity index (χ3n) is 2.45. The van der Waals surface area contributed by atoms with E-state index < -0.39 is 6.09 Å². The fourth-order valence-electron chi connectivity index (χ4n) is 1.52. The topological polar surface area (TPSA) is 38.3 Å². The Labute approximate surface area is 158 Å². The predicted molar refractivity (Wildman–Crippen MR) is 105 cm³/mol. The monoisotopic (exact) mass is 605 g/mol. The van der Waals surface area contributed by atoms with Crippen molar-refractivity contribution >= 4 is 79.6 Å². The maximum absolute atomic E-state index is 11.8. The van der Waals surface area contributed by atoms with Gasteiger partial charge >= 0.3 is 6.09 Å². The van der Waals surface area contributed by atoms with Gasteiger partial charge in [0.05, 0.1) is 5.69 Å². The smallest absolute Gasteiger partial charge is 0.412 e. The van der Waals surface area contributed by atoms with E-state index in [2.05, 4.69) is 73.1 Å². The Balaban J connectivity index is 1.98. The van der Waals surface area contributed by atoms with Gasteiger partial charge in [-0.05, 0) is 85.5 Å². The molecule has 2 aromatic rings. The number of nitrogens with one attached hydrogen (secondary N) is 1. The molecule has 0 aliphatic rings. The Bertz CT molecular complexity index is 594. The van der Waals surface area contributed by atoms with Crippen LogP contribution in [0.5, 0.6) is 0 Å². The average Bonchev–Trinajstić information content (AvgIpc) is 2.42. The minimum Gasteiger partial charge on any atom is -0.444 e. The summed E-state index contributed by atoms with van der Waals surface area (Å²) < 4.78 is 8.34. The Morgan fingerprint density at radius 3 is 2.25 bits per heavy atom. The van der Waals surface area contributed by atoms with Gasteiger partial charge in [0.2, 0.25) is 0 Å². The van der Waals surface area contributed by atoms with Crippen molar-refractivity contribution in [2.24, 2.45) is 0 Å². The minimum absolute atomic E-state index is 0.268. The predicted octanol–water partition coefficient (Wildman–Crippen LogP) is 5.25. The molecule has 2 rings (SSSR count). The number of anilines is 1. The number of hydrogen-bond donors (Lipinski definition) is 1. The van der Waals surface area contributed by atoms with Crippen LogP contribution in [0.3, 0.4) is 0 Å². The van der Waals surface area contributed by atoms with E-state index in [1.54, 1.807) is 0 Å². The summed E-state index contributed by atoms with van der Waals surface area (Å²) in [6, 6.07) is 13.6. The van der Waals surface area contributed by atoms with Crippen molar-refractivity contribution in [1.82, 2.24) is 0 Å². The number of rotatable bonds is 3. The highest BCUT2D eigenvalue weighted by molar-refractivity contribution is 14.1. The van der Waals surface area contributed by atoms with Gasteiger partial charge in [-0.15, -0.1) is 0 Å². The summed E-state index contributed by atoms with van der Waals surface area (Å²) in [4.78, 5) is 11.8. The first-order valence-electron chi connectivity index (χ1n) is 5.68. The second kappa shape index (κ2) is 7.78. The molecule has 0 fully saturated rings. The van der Waals surface area contributed by atoms with Crippen molar-refractivity contribution in [3.63, 3.8) is 0 Å². The van der Waals surface area contributed by atoms with Gasteiger partial charge < -0.3 is 4.74 Å². The molecule has 3 nitrogen and oxygen atoms in total. The van der Waals surface area contributed by atoms with E-state index in [1.165, 1.54) is 0 Å². The zero-order valence-corrected chi connectivity index (χ0v) is 16.7. The third-order valence-corrected chi connectivity index (χ3v) is 4.77. The van der Waals surface area contributed by atoms with E-state index in [9.17, 15) is 4.79 Å². The zero-order valence-electron chi connectivity index (χ0n) is 10.2. The highest BCUT2D eigenvalue weighted by Gasteiger charge is 2.11.